The van der Waals surface area contributed by atoms with E-state index in [2.05, 4.69) is 38.0 Å². The summed E-state index contributed by atoms with van der Waals surface area (Å²) in [6.07, 6.45) is 8.57. The minimum absolute atomic E-state index is 0.520. The number of hydrogen-bond acceptors (Lipinski definition) is 2. The zero-order valence-corrected chi connectivity index (χ0v) is 14.3. The van der Waals surface area contributed by atoms with Gasteiger partial charge in [-0.3, -0.25) is 0 Å². The average Bonchev–Trinajstić information content (AvgIpc) is 2.41. The second-order valence-electron chi connectivity index (χ2n) is 8.49. The van der Waals surface area contributed by atoms with Gasteiger partial charge in [0.15, 0.2) is 0 Å². The van der Waals surface area contributed by atoms with Gasteiger partial charge in [-0.1, -0.05) is 20.8 Å². The molecule has 0 unspecified atom stereocenters. The van der Waals surface area contributed by atoms with E-state index in [9.17, 15) is 0 Å². The Morgan fingerprint density at radius 1 is 0.850 bits per heavy atom. The molecular weight excluding hydrogens is 244 g/mol. The minimum Gasteiger partial charge on any atom is -0.316 e. The van der Waals surface area contributed by atoms with Gasteiger partial charge in [-0.25, -0.2) is 0 Å². The van der Waals surface area contributed by atoms with Crippen LogP contribution in [-0.2, 0) is 0 Å². The Labute approximate surface area is 126 Å². The van der Waals surface area contributed by atoms with Crippen LogP contribution in [0.2, 0.25) is 0 Å². The zero-order valence-electron chi connectivity index (χ0n) is 14.3. The van der Waals surface area contributed by atoms with E-state index in [4.69, 9.17) is 0 Å². The van der Waals surface area contributed by atoms with Crippen LogP contribution in [0, 0.1) is 23.2 Å². The molecule has 1 N–H and O–H groups in total. The summed E-state index contributed by atoms with van der Waals surface area (Å²) in [5.74, 6) is 2.82. The summed E-state index contributed by atoms with van der Waals surface area (Å²) >= 11 is 0. The predicted molar refractivity (Wildman–Crippen MR) is 88.0 cm³/mol. The first-order valence-electron chi connectivity index (χ1n) is 8.84. The monoisotopic (exact) mass is 280 g/mol. The highest BCUT2D eigenvalue weighted by Crippen LogP contribution is 2.39. The molecule has 1 heterocycles. The third kappa shape index (κ3) is 5.04. The molecule has 20 heavy (non-hydrogen) atoms. The SMILES string of the molecule is CN1CCC(CNCC2CCC(C(C)(C)C)CC2)CC1. The van der Waals surface area contributed by atoms with E-state index in [1.165, 1.54) is 64.7 Å². The van der Waals surface area contributed by atoms with Crippen molar-refractivity contribution in [3.8, 4) is 0 Å². The predicted octanol–water partition coefficient (Wildman–Crippen LogP) is 3.77. The standard InChI is InChI=1S/C18H36N2/c1-18(2,3)17-7-5-15(6-8-17)13-19-14-16-9-11-20(4)12-10-16/h15-17,19H,5-14H2,1-4H3. The lowest BCUT2D eigenvalue weighted by Gasteiger charge is -2.37. The highest BCUT2D eigenvalue weighted by molar-refractivity contribution is 4.81. The van der Waals surface area contributed by atoms with Crippen molar-refractivity contribution in [3.05, 3.63) is 0 Å². The Hall–Kier alpha value is -0.0800. The fraction of sp³-hybridized carbons (Fsp3) is 1.00. The largest absolute Gasteiger partial charge is 0.316 e. The van der Waals surface area contributed by atoms with E-state index in [-0.39, 0.29) is 0 Å². The van der Waals surface area contributed by atoms with E-state index in [0.29, 0.717) is 5.41 Å². The summed E-state index contributed by atoms with van der Waals surface area (Å²) in [6, 6.07) is 0. The quantitative estimate of drug-likeness (QED) is 0.843. The fourth-order valence-corrected chi connectivity index (χ4v) is 3.99. The van der Waals surface area contributed by atoms with Gasteiger partial charge in [0, 0.05) is 0 Å². The van der Waals surface area contributed by atoms with Crippen molar-refractivity contribution in [2.75, 3.05) is 33.2 Å². The molecule has 0 aromatic rings. The molecule has 2 rings (SSSR count). The second kappa shape index (κ2) is 7.26. The Bertz CT molecular complexity index is 266. The van der Waals surface area contributed by atoms with Gasteiger partial charge in [0.1, 0.15) is 0 Å². The van der Waals surface area contributed by atoms with Crippen LogP contribution in [0.1, 0.15) is 59.3 Å². The number of nitrogens with zero attached hydrogens (tertiary/aromatic N) is 1. The van der Waals surface area contributed by atoms with Crippen LogP contribution in [0.25, 0.3) is 0 Å². The number of hydrogen-bond donors (Lipinski definition) is 1. The first-order valence-corrected chi connectivity index (χ1v) is 8.84. The summed E-state index contributed by atoms with van der Waals surface area (Å²) in [5, 5.41) is 3.77. The van der Waals surface area contributed by atoms with E-state index in [0.717, 1.165) is 17.8 Å². The molecule has 2 aliphatic rings. The molecule has 2 nitrogen and oxygen atoms in total. The molecule has 0 aromatic heterocycles. The lowest BCUT2D eigenvalue weighted by atomic mass is 9.70. The molecule has 2 heteroatoms. The van der Waals surface area contributed by atoms with Crippen molar-refractivity contribution in [3.63, 3.8) is 0 Å². The number of likely N-dealkylation sites (tertiary alicyclic amines) is 1. The number of rotatable bonds is 4. The van der Waals surface area contributed by atoms with Crippen molar-refractivity contribution < 1.29 is 0 Å². The summed E-state index contributed by atoms with van der Waals surface area (Å²) in [7, 11) is 2.25. The minimum atomic E-state index is 0.520. The lowest BCUT2D eigenvalue weighted by Crippen LogP contribution is -2.37. The molecule has 1 aliphatic carbocycles. The summed E-state index contributed by atoms with van der Waals surface area (Å²) < 4.78 is 0. The molecule has 0 bridgehead atoms. The highest BCUT2D eigenvalue weighted by Gasteiger charge is 2.29. The van der Waals surface area contributed by atoms with Gasteiger partial charge in [0.25, 0.3) is 0 Å². The van der Waals surface area contributed by atoms with Gasteiger partial charge < -0.3 is 10.2 Å². The first-order chi connectivity index (χ1) is 9.45. The molecule has 0 spiro atoms. The molecule has 0 aromatic carbocycles. The highest BCUT2D eigenvalue weighted by atomic mass is 15.1. The molecule has 1 saturated carbocycles. The Morgan fingerprint density at radius 3 is 1.85 bits per heavy atom. The van der Waals surface area contributed by atoms with Gasteiger partial charge >= 0.3 is 0 Å². The molecule has 0 radical (unpaired) electrons. The maximum Gasteiger partial charge on any atom is -0.00187 e. The fourth-order valence-electron chi connectivity index (χ4n) is 3.99. The molecule has 0 amide bonds. The van der Waals surface area contributed by atoms with E-state index >= 15 is 0 Å². The van der Waals surface area contributed by atoms with Crippen LogP contribution in [0.4, 0.5) is 0 Å². The summed E-state index contributed by atoms with van der Waals surface area (Å²) in [4.78, 5) is 2.46. The van der Waals surface area contributed by atoms with Crippen molar-refractivity contribution in [2.24, 2.45) is 23.2 Å². The van der Waals surface area contributed by atoms with Crippen molar-refractivity contribution >= 4 is 0 Å². The normalized spacial score (nSPS) is 30.6. The summed E-state index contributed by atoms with van der Waals surface area (Å²) in [6.45, 7) is 12.4. The van der Waals surface area contributed by atoms with E-state index in [1.54, 1.807) is 0 Å². The first kappa shape index (κ1) is 16.3. The zero-order chi connectivity index (χ0) is 14.6. The maximum atomic E-state index is 3.77. The van der Waals surface area contributed by atoms with Gasteiger partial charge in [0.2, 0.25) is 0 Å². The van der Waals surface area contributed by atoms with Crippen LogP contribution >= 0.6 is 0 Å². The topological polar surface area (TPSA) is 15.3 Å². The van der Waals surface area contributed by atoms with Gasteiger partial charge in [-0.2, -0.15) is 0 Å². The molecule has 0 atom stereocenters. The van der Waals surface area contributed by atoms with Crippen molar-refractivity contribution in [1.82, 2.24) is 10.2 Å². The maximum absolute atomic E-state index is 3.77. The van der Waals surface area contributed by atoms with Crippen molar-refractivity contribution in [1.29, 1.82) is 0 Å². The molecule has 1 aliphatic heterocycles. The number of piperidine rings is 1. The van der Waals surface area contributed by atoms with Gasteiger partial charge in [-0.05, 0) is 94.9 Å². The second-order valence-corrected chi connectivity index (χ2v) is 8.49. The van der Waals surface area contributed by atoms with Crippen LogP contribution in [-0.4, -0.2) is 38.1 Å². The number of nitrogens with one attached hydrogen (secondary N) is 1. The Balaban J connectivity index is 1.57. The van der Waals surface area contributed by atoms with Crippen LogP contribution < -0.4 is 5.32 Å². The molecule has 1 saturated heterocycles. The third-order valence-electron chi connectivity index (χ3n) is 5.78. The van der Waals surface area contributed by atoms with Crippen LogP contribution in [0.3, 0.4) is 0 Å². The van der Waals surface area contributed by atoms with E-state index < -0.39 is 0 Å². The molecular formula is C18H36N2. The van der Waals surface area contributed by atoms with E-state index in [1.807, 2.05) is 0 Å². The van der Waals surface area contributed by atoms with Crippen molar-refractivity contribution in [2.45, 2.75) is 59.3 Å². The summed E-state index contributed by atoms with van der Waals surface area (Å²) in [5.41, 5.74) is 0.520. The Kier molecular flexibility index (Phi) is 5.92. The van der Waals surface area contributed by atoms with Gasteiger partial charge in [0.05, 0.1) is 0 Å². The van der Waals surface area contributed by atoms with Crippen LogP contribution in [0.5, 0.6) is 0 Å². The third-order valence-corrected chi connectivity index (χ3v) is 5.78. The average molecular weight is 280 g/mol. The lowest BCUT2D eigenvalue weighted by molar-refractivity contribution is 0.147. The molecule has 2 fully saturated rings. The Morgan fingerprint density at radius 2 is 1.35 bits per heavy atom. The smallest absolute Gasteiger partial charge is 0.00187 e. The molecule has 118 valence electrons. The van der Waals surface area contributed by atoms with Crippen LogP contribution in [0.15, 0.2) is 0 Å². The van der Waals surface area contributed by atoms with Gasteiger partial charge in [-0.15, -0.1) is 0 Å².